The highest BCUT2D eigenvalue weighted by Gasteiger charge is 2.25. The quantitative estimate of drug-likeness (QED) is 0.760. The Morgan fingerprint density at radius 3 is 2.93 bits per heavy atom. The molecular weight excluding hydrogens is 199 g/mol. The van der Waals surface area contributed by atoms with E-state index in [1.807, 2.05) is 6.92 Å². The second-order valence-corrected chi connectivity index (χ2v) is 3.93. The van der Waals surface area contributed by atoms with E-state index in [0.717, 1.165) is 12.8 Å². The van der Waals surface area contributed by atoms with E-state index in [2.05, 4.69) is 0 Å². The first-order valence-electron chi connectivity index (χ1n) is 5.19. The summed E-state index contributed by atoms with van der Waals surface area (Å²) in [4.78, 5) is 0. The Labute approximate surface area is 88.2 Å². The van der Waals surface area contributed by atoms with Crippen molar-refractivity contribution in [3.8, 4) is 0 Å². The second kappa shape index (κ2) is 4.33. The van der Waals surface area contributed by atoms with Gasteiger partial charge in [0.15, 0.2) is 12.5 Å². The lowest BCUT2D eigenvalue weighted by Gasteiger charge is -2.19. The van der Waals surface area contributed by atoms with Crippen molar-refractivity contribution < 1.29 is 19.0 Å². The maximum atomic E-state index is 13.1. The van der Waals surface area contributed by atoms with Crippen LogP contribution in [0.5, 0.6) is 0 Å². The monoisotopic (exact) mass is 214 g/mol. The third kappa shape index (κ3) is 2.58. The van der Waals surface area contributed by atoms with Crippen LogP contribution in [-0.4, -0.2) is 29.8 Å². The van der Waals surface area contributed by atoms with Crippen molar-refractivity contribution in [2.24, 2.45) is 0 Å². The van der Waals surface area contributed by atoms with E-state index in [4.69, 9.17) is 14.6 Å². The van der Waals surface area contributed by atoms with Gasteiger partial charge in [0.2, 0.25) is 0 Å². The van der Waals surface area contributed by atoms with E-state index in [1.54, 1.807) is 6.08 Å². The van der Waals surface area contributed by atoms with E-state index in [0.29, 0.717) is 5.76 Å². The minimum Gasteiger partial charge on any atom is -0.465 e. The third-order valence-corrected chi connectivity index (χ3v) is 2.57. The average Bonchev–Trinajstić information content (AvgIpc) is 2.58. The summed E-state index contributed by atoms with van der Waals surface area (Å²) in [6.07, 6.45) is 3.51. The second-order valence-electron chi connectivity index (χ2n) is 3.93. The molecule has 1 aliphatic heterocycles. The lowest BCUT2D eigenvalue weighted by Crippen LogP contribution is -2.22. The van der Waals surface area contributed by atoms with E-state index in [1.165, 1.54) is 12.2 Å². The first kappa shape index (κ1) is 10.6. The molecule has 0 saturated carbocycles. The van der Waals surface area contributed by atoms with Crippen LogP contribution in [0.4, 0.5) is 4.39 Å². The highest BCUT2D eigenvalue weighted by atomic mass is 19.1. The molecule has 3 nitrogen and oxygen atoms in total. The zero-order valence-electron chi connectivity index (χ0n) is 8.60. The summed E-state index contributed by atoms with van der Waals surface area (Å²) in [7, 11) is 0. The lowest BCUT2D eigenvalue weighted by molar-refractivity contribution is -0.101. The van der Waals surface area contributed by atoms with Crippen molar-refractivity contribution in [3.63, 3.8) is 0 Å². The van der Waals surface area contributed by atoms with Gasteiger partial charge in [0.05, 0.1) is 6.10 Å². The summed E-state index contributed by atoms with van der Waals surface area (Å²) in [6.45, 7) is 1.98. The number of halogens is 1. The van der Waals surface area contributed by atoms with Crippen LogP contribution in [0.3, 0.4) is 0 Å². The first-order chi connectivity index (χ1) is 7.15. The van der Waals surface area contributed by atoms with Gasteiger partial charge in [-0.1, -0.05) is 0 Å². The number of hydrogen-bond acceptors (Lipinski definition) is 3. The molecule has 84 valence electrons. The number of allylic oxidation sites excluding steroid dienone is 1. The van der Waals surface area contributed by atoms with Crippen LogP contribution in [0, 0.1) is 0 Å². The van der Waals surface area contributed by atoms with Crippen LogP contribution in [0.25, 0.3) is 0 Å². The van der Waals surface area contributed by atoms with Gasteiger partial charge in [-0.05, 0) is 31.6 Å². The van der Waals surface area contributed by atoms with Gasteiger partial charge in [0, 0.05) is 6.42 Å². The van der Waals surface area contributed by atoms with Gasteiger partial charge in [-0.2, -0.15) is 0 Å². The predicted octanol–water partition coefficient (Wildman–Crippen LogP) is 1.68. The summed E-state index contributed by atoms with van der Waals surface area (Å²) in [5, 5.41) is 9.11. The predicted molar refractivity (Wildman–Crippen MR) is 52.8 cm³/mol. The van der Waals surface area contributed by atoms with Crippen molar-refractivity contribution in [2.45, 2.75) is 44.4 Å². The Hall–Kier alpha value is -0.870. The molecular formula is C11H15FO3. The molecule has 4 unspecified atom stereocenters. The first-order valence-corrected chi connectivity index (χ1v) is 5.19. The fourth-order valence-corrected chi connectivity index (χ4v) is 1.69. The van der Waals surface area contributed by atoms with Crippen LogP contribution in [0.1, 0.15) is 19.8 Å². The van der Waals surface area contributed by atoms with Crippen molar-refractivity contribution in [1.29, 1.82) is 0 Å². The van der Waals surface area contributed by atoms with Crippen molar-refractivity contribution in [1.82, 2.24) is 0 Å². The van der Waals surface area contributed by atoms with Crippen molar-refractivity contribution >= 4 is 0 Å². The fraction of sp³-hybridized carbons (Fsp3) is 0.636. The molecule has 1 aliphatic carbocycles. The molecule has 1 fully saturated rings. The van der Waals surface area contributed by atoms with Gasteiger partial charge in [-0.15, -0.1) is 0 Å². The van der Waals surface area contributed by atoms with Crippen LogP contribution in [0.2, 0.25) is 0 Å². The molecule has 0 amide bonds. The number of ether oxygens (including phenoxy) is 2. The summed E-state index contributed by atoms with van der Waals surface area (Å²) in [5.74, 6) is 0.437. The van der Waals surface area contributed by atoms with E-state index in [9.17, 15) is 4.39 Å². The smallest absolute Gasteiger partial charge is 0.200 e. The summed E-state index contributed by atoms with van der Waals surface area (Å²) >= 11 is 0. The molecule has 2 rings (SSSR count). The number of alkyl halides is 1. The Balaban J connectivity index is 1.90. The normalized spacial score (nSPS) is 40.3. The zero-order chi connectivity index (χ0) is 10.8. The molecule has 15 heavy (non-hydrogen) atoms. The van der Waals surface area contributed by atoms with Gasteiger partial charge in [0.1, 0.15) is 11.9 Å². The van der Waals surface area contributed by atoms with E-state index < -0.39 is 12.3 Å². The maximum absolute atomic E-state index is 13.1. The fourth-order valence-electron chi connectivity index (χ4n) is 1.69. The molecule has 0 radical (unpaired) electrons. The van der Waals surface area contributed by atoms with Crippen LogP contribution < -0.4 is 0 Å². The van der Waals surface area contributed by atoms with Crippen molar-refractivity contribution in [3.05, 3.63) is 24.0 Å². The number of aliphatic hydroxyl groups excluding tert-OH is 1. The Morgan fingerprint density at radius 1 is 1.53 bits per heavy atom. The maximum Gasteiger partial charge on any atom is 0.200 e. The standard InChI is InChI=1S/C11H15FO3/c1-7-2-5-11(14-7)15-8-3-4-10(13)9(12)6-8/h3-4,6-7,9-11,13H,2,5H2,1H3. The molecule has 0 spiro atoms. The zero-order valence-corrected chi connectivity index (χ0v) is 8.60. The minimum absolute atomic E-state index is 0.204. The number of hydrogen-bond donors (Lipinski definition) is 1. The number of rotatable bonds is 2. The van der Waals surface area contributed by atoms with Crippen molar-refractivity contribution in [2.75, 3.05) is 0 Å². The summed E-state index contributed by atoms with van der Waals surface area (Å²) in [5.41, 5.74) is 0. The molecule has 0 aromatic rings. The Kier molecular flexibility index (Phi) is 3.07. The summed E-state index contributed by atoms with van der Waals surface area (Å²) < 4.78 is 24.0. The molecule has 1 N–H and O–H groups in total. The molecule has 4 heteroatoms. The summed E-state index contributed by atoms with van der Waals surface area (Å²) in [6, 6.07) is 0. The van der Waals surface area contributed by atoms with Gasteiger partial charge in [-0.25, -0.2) is 4.39 Å². The SMILES string of the molecule is CC1CCC(OC2=CC(F)C(O)C=C2)O1. The van der Waals surface area contributed by atoms with Crippen LogP contribution in [-0.2, 0) is 9.47 Å². The molecule has 0 aromatic heterocycles. The highest BCUT2D eigenvalue weighted by Crippen LogP contribution is 2.24. The molecule has 2 aliphatic rings. The Bertz CT molecular complexity index is 288. The van der Waals surface area contributed by atoms with Crippen LogP contribution >= 0.6 is 0 Å². The molecule has 0 bridgehead atoms. The molecule has 0 aromatic carbocycles. The Morgan fingerprint density at radius 2 is 2.33 bits per heavy atom. The van der Waals surface area contributed by atoms with Gasteiger partial charge in [0.25, 0.3) is 0 Å². The topological polar surface area (TPSA) is 38.7 Å². The van der Waals surface area contributed by atoms with E-state index >= 15 is 0 Å². The largest absolute Gasteiger partial charge is 0.465 e. The van der Waals surface area contributed by atoms with Crippen LogP contribution in [0.15, 0.2) is 24.0 Å². The van der Waals surface area contributed by atoms with Gasteiger partial charge < -0.3 is 14.6 Å². The van der Waals surface area contributed by atoms with Gasteiger partial charge >= 0.3 is 0 Å². The number of aliphatic hydroxyl groups is 1. The van der Waals surface area contributed by atoms with E-state index in [-0.39, 0.29) is 12.4 Å². The average molecular weight is 214 g/mol. The minimum atomic E-state index is -1.39. The highest BCUT2D eigenvalue weighted by molar-refractivity contribution is 5.22. The molecule has 4 atom stereocenters. The molecule has 1 heterocycles. The van der Waals surface area contributed by atoms with Gasteiger partial charge in [-0.3, -0.25) is 0 Å². The third-order valence-electron chi connectivity index (χ3n) is 2.57. The lowest BCUT2D eigenvalue weighted by atomic mass is 10.1. The molecule has 1 saturated heterocycles.